The monoisotopic (exact) mass is 297 g/mol. The fourth-order valence-corrected chi connectivity index (χ4v) is 1.73. The van der Waals surface area contributed by atoms with Gasteiger partial charge in [-0.05, 0) is 25.1 Å². The molecular weight excluding hydrogens is 287 g/mol. The molecule has 2 N–H and O–H groups in total. The molecule has 0 spiro atoms. The van der Waals surface area contributed by atoms with Gasteiger partial charge in [0.25, 0.3) is 5.91 Å². The molecule has 0 aliphatic rings. The van der Waals surface area contributed by atoms with Crippen molar-refractivity contribution in [3.63, 3.8) is 0 Å². The highest BCUT2D eigenvalue weighted by Gasteiger charge is 2.30. The molecule has 1 aromatic carbocycles. The second kappa shape index (κ2) is 5.04. The lowest BCUT2D eigenvalue weighted by molar-refractivity contribution is -0.137. The highest BCUT2D eigenvalue weighted by molar-refractivity contribution is 5.90. The van der Waals surface area contributed by atoms with Crippen LogP contribution in [0.5, 0.6) is 0 Å². The van der Waals surface area contributed by atoms with Crippen molar-refractivity contribution >= 4 is 5.91 Å². The Morgan fingerprint density at radius 1 is 1.33 bits per heavy atom. The van der Waals surface area contributed by atoms with Gasteiger partial charge in [0.05, 0.1) is 11.3 Å². The van der Waals surface area contributed by atoms with Crippen LogP contribution in [0, 0.1) is 6.92 Å². The predicted octanol–water partition coefficient (Wildman–Crippen LogP) is 1.66. The maximum absolute atomic E-state index is 12.7. The molecule has 8 heteroatoms. The Morgan fingerprint density at radius 3 is 2.57 bits per heavy atom. The Bertz CT molecular complexity index is 766. The number of aromatic nitrogens is 2. The van der Waals surface area contributed by atoms with Crippen LogP contribution >= 0.6 is 0 Å². The summed E-state index contributed by atoms with van der Waals surface area (Å²) < 4.78 is 39.1. The van der Waals surface area contributed by atoms with Crippen LogP contribution in [0.15, 0.2) is 35.3 Å². The van der Waals surface area contributed by atoms with Gasteiger partial charge in [-0.15, -0.1) is 0 Å². The number of carbonyl (C=O) groups excluding carboxylic acids is 1. The van der Waals surface area contributed by atoms with Crippen LogP contribution in [0.1, 0.15) is 21.6 Å². The first-order valence-electron chi connectivity index (χ1n) is 5.78. The van der Waals surface area contributed by atoms with E-state index in [9.17, 15) is 22.8 Å². The minimum absolute atomic E-state index is 0.0652. The zero-order valence-electron chi connectivity index (χ0n) is 10.8. The molecular formula is C13H10F3N3O2. The summed E-state index contributed by atoms with van der Waals surface area (Å²) in [5.74, 6) is -1.04. The quantitative estimate of drug-likeness (QED) is 0.915. The summed E-state index contributed by atoms with van der Waals surface area (Å²) in [6.07, 6.45) is -3.26. The number of benzene rings is 1. The summed E-state index contributed by atoms with van der Waals surface area (Å²) in [6.45, 7) is 1.42. The zero-order valence-corrected chi connectivity index (χ0v) is 10.8. The van der Waals surface area contributed by atoms with Crippen LogP contribution in [0.4, 0.5) is 13.2 Å². The van der Waals surface area contributed by atoms with E-state index in [1.54, 1.807) is 0 Å². The molecule has 0 unspecified atom stereocenters. The van der Waals surface area contributed by atoms with E-state index in [4.69, 9.17) is 5.73 Å². The molecule has 1 heterocycles. The van der Waals surface area contributed by atoms with Gasteiger partial charge >= 0.3 is 6.18 Å². The summed E-state index contributed by atoms with van der Waals surface area (Å²) in [4.78, 5) is 22.8. The average Bonchev–Trinajstić information content (AvgIpc) is 2.40. The minimum atomic E-state index is -4.50. The highest BCUT2D eigenvalue weighted by Crippen LogP contribution is 2.30. The second-order valence-corrected chi connectivity index (χ2v) is 4.35. The smallest absolute Gasteiger partial charge is 0.364 e. The van der Waals surface area contributed by atoms with Crippen molar-refractivity contribution in [3.8, 4) is 5.69 Å². The molecule has 0 aliphatic heterocycles. The Morgan fingerprint density at radius 2 is 2.00 bits per heavy atom. The summed E-state index contributed by atoms with van der Waals surface area (Å²) in [7, 11) is 0. The van der Waals surface area contributed by atoms with E-state index in [-0.39, 0.29) is 11.3 Å². The number of amides is 1. The van der Waals surface area contributed by atoms with Gasteiger partial charge in [0, 0.05) is 11.8 Å². The third-order valence-corrected chi connectivity index (χ3v) is 2.77. The number of hydrogen-bond donors (Lipinski definition) is 1. The lowest BCUT2D eigenvalue weighted by atomic mass is 10.2. The predicted molar refractivity (Wildman–Crippen MR) is 68.1 cm³/mol. The fourth-order valence-electron chi connectivity index (χ4n) is 1.73. The number of nitrogens with zero attached hydrogens (tertiary/aromatic N) is 2. The fraction of sp³-hybridized carbons (Fsp3) is 0.154. The number of hydrogen-bond acceptors (Lipinski definition) is 3. The molecule has 0 aliphatic carbocycles. The van der Waals surface area contributed by atoms with Crippen molar-refractivity contribution in [3.05, 3.63) is 57.5 Å². The van der Waals surface area contributed by atoms with Gasteiger partial charge in [0.2, 0.25) is 5.43 Å². The maximum Gasteiger partial charge on any atom is 0.416 e. The van der Waals surface area contributed by atoms with Gasteiger partial charge in [-0.1, -0.05) is 6.07 Å². The number of primary amides is 1. The molecule has 21 heavy (non-hydrogen) atoms. The summed E-state index contributed by atoms with van der Waals surface area (Å²) >= 11 is 0. The van der Waals surface area contributed by atoms with Crippen molar-refractivity contribution < 1.29 is 18.0 Å². The normalized spacial score (nSPS) is 11.4. The first kappa shape index (κ1) is 14.8. The van der Waals surface area contributed by atoms with Crippen LogP contribution in [-0.2, 0) is 6.18 Å². The van der Waals surface area contributed by atoms with Gasteiger partial charge < -0.3 is 5.73 Å². The molecule has 0 saturated heterocycles. The van der Waals surface area contributed by atoms with E-state index >= 15 is 0 Å². The van der Waals surface area contributed by atoms with Crippen molar-refractivity contribution in [1.82, 2.24) is 9.78 Å². The van der Waals surface area contributed by atoms with E-state index in [2.05, 4.69) is 5.10 Å². The average molecular weight is 297 g/mol. The van der Waals surface area contributed by atoms with Gasteiger partial charge in [0.1, 0.15) is 0 Å². The van der Waals surface area contributed by atoms with E-state index in [1.165, 1.54) is 25.3 Å². The molecule has 110 valence electrons. The van der Waals surface area contributed by atoms with E-state index < -0.39 is 28.8 Å². The topological polar surface area (TPSA) is 78.0 Å². The maximum atomic E-state index is 12.7. The highest BCUT2D eigenvalue weighted by atomic mass is 19.4. The molecule has 0 radical (unpaired) electrons. The summed E-state index contributed by atoms with van der Waals surface area (Å²) in [5, 5.41) is 3.69. The number of nitrogens with two attached hydrogens (primary N) is 1. The van der Waals surface area contributed by atoms with Crippen molar-refractivity contribution in [2.24, 2.45) is 5.73 Å². The van der Waals surface area contributed by atoms with Crippen molar-refractivity contribution in [2.45, 2.75) is 13.1 Å². The molecule has 0 fully saturated rings. The molecule has 0 atom stereocenters. The standard InChI is InChI=1S/C13H10F3N3O2/c1-7-6-19(18-10(11(7)20)12(17)21)9-4-2-3-8(5-9)13(14,15)16/h2-6H,1H3,(H2,17,21). The molecule has 2 rings (SSSR count). The third kappa shape index (κ3) is 2.93. The molecule has 5 nitrogen and oxygen atoms in total. The van der Waals surface area contributed by atoms with Crippen LogP contribution in [0.3, 0.4) is 0 Å². The largest absolute Gasteiger partial charge is 0.416 e. The lowest BCUT2D eigenvalue weighted by Gasteiger charge is -2.11. The summed E-state index contributed by atoms with van der Waals surface area (Å²) in [6, 6.07) is 4.35. The number of alkyl halides is 3. The Kier molecular flexibility index (Phi) is 3.54. The molecule has 2 aromatic rings. The first-order valence-corrected chi connectivity index (χ1v) is 5.78. The molecule has 1 aromatic heterocycles. The van der Waals surface area contributed by atoms with Crippen molar-refractivity contribution in [2.75, 3.05) is 0 Å². The first-order chi connectivity index (χ1) is 9.70. The van der Waals surface area contributed by atoms with Gasteiger partial charge in [-0.2, -0.15) is 18.3 Å². The Hall–Kier alpha value is -2.64. The molecule has 0 saturated carbocycles. The number of carbonyl (C=O) groups is 1. The number of aryl methyl sites for hydroxylation is 1. The number of halogens is 3. The van der Waals surface area contributed by atoms with E-state index in [0.29, 0.717) is 0 Å². The second-order valence-electron chi connectivity index (χ2n) is 4.35. The third-order valence-electron chi connectivity index (χ3n) is 2.77. The van der Waals surface area contributed by atoms with Crippen LogP contribution in [0.25, 0.3) is 5.69 Å². The zero-order chi connectivity index (χ0) is 15.8. The lowest BCUT2D eigenvalue weighted by Crippen LogP contribution is -2.28. The van der Waals surface area contributed by atoms with Gasteiger partial charge in [-0.3, -0.25) is 9.59 Å². The Balaban J connectivity index is 2.63. The van der Waals surface area contributed by atoms with Crippen LogP contribution < -0.4 is 11.2 Å². The van der Waals surface area contributed by atoms with Crippen LogP contribution in [-0.4, -0.2) is 15.7 Å². The SMILES string of the molecule is Cc1cn(-c2cccc(C(F)(F)F)c2)nc(C(N)=O)c1=O. The van der Waals surface area contributed by atoms with E-state index in [1.807, 2.05) is 0 Å². The van der Waals surface area contributed by atoms with Crippen molar-refractivity contribution in [1.29, 1.82) is 0 Å². The van der Waals surface area contributed by atoms with Gasteiger partial charge in [0.15, 0.2) is 5.69 Å². The van der Waals surface area contributed by atoms with E-state index in [0.717, 1.165) is 16.8 Å². The molecule has 1 amide bonds. The summed E-state index contributed by atoms with van der Waals surface area (Å²) in [5.41, 5.74) is 3.22. The van der Waals surface area contributed by atoms with Crippen LogP contribution in [0.2, 0.25) is 0 Å². The molecule has 0 bridgehead atoms. The van der Waals surface area contributed by atoms with Gasteiger partial charge in [-0.25, -0.2) is 4.68 Å². The number of rotatable bonds is 2. The Labute approximate surface area is 116 Å². The minimum Gasteiger partial charge on any atom is -0.364 e.